The van der Waals surface area contributed by atoms with Crippen molar-refractivity contribution in [2.75, 3.05) is 6.61 Å². The molecule has 164 valence electrons. The van der Waals surface area contributed by atoms with Crippen molar-refractivity contribution >= 4 is 18.0 Å². The number of benzene rings is 2. The summed E-state index contributed by atoms with van der Waals surface area (Å²) in [7, 11) is 0. The molecule has 0 spiro atoms. The van der Waals surface area contributed by atoms with Crippen LogP contribution in [0.15, 0.2) is 71.5 Å². The highest BCUT2D eigenvalue weighted by atomic mass is 16.5. The van der Waals surface area contributed by atoms with Crippen LogP contribution in [0.1, 0.15) is 29.0 Å². The molecule has 3 N–H and O–H groups in total. The first-order valence-electron chi connectivity index (χ1n) is 10.1. The normalized spacial score (nSPS) is 13.0. The standard InChI is InChI=1S/C24H22N2O6/c27-22(28)11-21(23(29)25-12-15-9-10-31-13-15)26-24(30)32-14-20-18-7-3-1-5-16(18)17-6-2-4-8-19(17)20/h1-10,13,20-21H,11-12,14H2,(H,25,29)(H,26,30)(H,27,28). The van der Waals surface area contributed by atoms with Crippen molar-refractivity contribution in [1.29, 1.82) is 0 Å². The summed E-state index contributed by atoms with van der Waals surface area (Å²) in [5, 5.41) is 14.1. The minimum atomic E-state index is -1.27. The van der Waals surface area contributed by atoms with Gasteiger partial charge in [-0.25, -0.2) is 4.79 Å². The summed E-state index contributed by atoms with van der Waals surface area (Å²) in [5.74, 6) is -1.98. The molecule has 1 aliphatic rings. The average molecular weight is 434 g/mol. The van der Waals surface area contributed by atoms with Crippen LogP contribution in [0.3, 0.4) is 0 Å². The predicted octanol–water partition coefficient (Wildman–Crippen LogP) is 3.28. The summed E-state index contributed by atoms with van der Waals surface area (Å²) in [5.41, 5.74) is 5.02. The smallest absolute Gasteiger partial charge is 0.407 e. The molecular weight excluding hydrogens is 412 g/mol. The van der Waals surface area contributed by atoms with E-state index < -0.39 is 30.4 Å². The molecule has 1 atom stereocenters. The van der Waals surface area contributed by atoms with Gasteiger partial charge < -0.3 is 24.9 Å². The summed E-state index contributed by atoms with van der Waals surface area (Å²) in [6.07, 6.45) is 1.51. The number of fused-ring (bicyclic) bond motifs is 3. The first-order valence-corrected chi connectivity index (χ1v) is 10.1. The maximum atomic E-state index is 12.4. The fourth-order valence-electron chi connectivity index (χ4n) is 3.87. The van der Waals surface area contributed by atoms with Crippen molar-refractivity contribution in [3.8, 4) is 11.1 Å². The molecule has 4 rings (SSSR count). The van der Waals surface area contributed by atoms with Gasteiger partial charge in [-0.2, -0.15) is 0 Å². The molecule has 0 bridgehead atoms. The molecule has 0 fully saturated rings. The third-order valence-corrected chi connectivity index (χ3v) is 5.38. The second-order valence-electron chi connectivity index (χ2n) is 7.47. The van der Waals surface area contributed by atoms with Gasteiger partial charge in [0.2, 0.25) is 5.91 Å². The van der Waals surface area contributed by atoms with E-state index in [0.29, 0.717) is 5.56 Å². The summed E-state index contributed by atoms with van der Waals surface area (Å²) in [6, 6.07) is 16.3. The molecule has 8 nitrogen and oxygen atoms in total. The number of hydrogen-bond acceptors (Lipinski definition) is 5. The topological polar surface area (TPSA) is 118 Å². The van der Waals surface area contributed by atoms with Gasteiger partial charge in [-0.05, 0) is 28.3 Å². The molecule has 3 aromatic rings. The van der Waals surface area contributed by atoms with Gasteiger partial charge in [0.15, 0.2) is 0 Å². The SMILES string of the molecule is O=C(O)CC(NC(=O)OCC1c2ccccc2-c2ccccc21)C(=O)NCc1ccoc1. The minimum absolute atomic E-state index is 0.0658. The number of carboxylic acids is 1. The first-order chi connectivity index (χ1) is 15.5. The lowest BCUT2D eigenvalue weighted by Gasteiger charge is -2.18. The van der Waals surface area contributed by atoms with E-state index in [1.165, 1.54) is 12.5 Å². The highest BCUT2D eigenvalue weighted by molar-refractivity contribution is 5.89. The largest absolute Gasteiger partial charge is 0.481 e. The number of furan rings is 1. The zero-order chi connectivity index (χ0) is 22.5. The predicted molar refractivity (Wildman–Crippen MR) is 115 cm³/mol. The van der Waals surface area contributed by atoms with Crippen LogP contribution in [0, 0.1) is 0 Å². The molecule has 2 amide bonds. The van der Waals surface area contributed by atoms with E-state index in [-0.39, 0.29) is 19.1 Å². The quantitative estimate of drug-likeness (QED) is 0.501. The number of hydrogen-bond donors (Lipinski definition) is 3. The Morgan fingerprint density at radius 1 is 1.00 bits per heavy atom. The molecule has 0 saturated heterocycles. The third-order valence-electron chi connectivity index (χ3n) is 5.38. The van der Waals surface area contributed by atoms with E-state index >= 15 is 0 Å². The average Bonchev–Trinajstić information content (AvgIpc) is 3.41. The van der Waals surface area contributed by atoms with Gasteiger partial charge >= 0.3 is 12.1 Å². The maximum Gasteiger partial charge on any atom is 0.407 e. The fraction of sp³-hybridized carbons (Fsp3) is 0.208. The van der Waals surface area contributed by atoms with Crippen molar-refractivity contribution in [3.05, 3.63) is 83.8 Å². The van der Waals surface area contributed by atoms with Crippen LogP contribution < -0.4 is 10.6 Å². The maximum absolute atomic E-state index is 12.4. The summed E-state index contributed by atoms with van der Waals surface area (Å²) in [4.78, 5) is 36.0. The Hall–Kier alpha value is -4.07. The molecule has 1 aliphatic carbocycles. The van der Waals surface area contributed by atoms with Gasteiger partial charge in [0.1, 0.15) is 12.6 Å². The number of nitrogens with one attached hydrogen (secondary N) is 2. The van der Waals surface area contributed by atoms with E-state index in [1.807, 2.05) is 48.5 Å². The van der Waals surface area contributed by atoms with E-state index in [1.54, 1.807) is 6.07 Å². The van der Waals surface area contributed by atoms with Crippen LogP contribution in [0.25, 0.3) is 11.1 Å². The number of amides is 2. The highest BCUT2D eigenvalue weighted by Crippen LogP contribution is 2.44. The Morgan fingerprint density at radius 3 is 2.25 bits per heavy atom. The van der Waals surface area contributed by atoms with Gasteiger partial charge in [-0.15, -0.1) is 0 Å². The Labute approximate surface area is 184 Å². The van der Waals surface area contributed by atoms with E-state index in [0.717, 1.165) is 22.3 Å². The molecular formula is C24H22N2O6. The minimum Gasteiger partial charge on any atom is -0.481 e. The van der Waals surface area contributed by atoms with Crippen molar-refractivity contribution < 1.29 is 28.6 Å². The van der Waals surface area contributed by atoms with E-state index in [2.05, 4.69) is 10.6 Å². The lowest BCUT2D eigenvalue weighted by Crippen LogP contribution is -2.48. The van der Waals surface area contributed by atoms with Gasteiger partial charge in [0, 0.05) is 18.0 Å². The summed E-state index contributed by atoms with van der Waals surface area (Å²) in [6.45, 7) is 0.216. The lowest BCUT2D eigenvalue weighted by molar-refractivity contribution is -0.139. The number of carbonyl (C=O) groups is 3. The monoisotopic (exact) mass is 434 g/mol. The van der Waals surface area contributed by atoms with Crippen LogP contribution in [-0.2, 0) is 20.9 Å². The molecule has 1 unspecified atom stereocenters. The van der Waals surface area contributed by atoms with Crippen molar-refractivity contribution in [3.63, 3.8) is 0 Å². The molecule has 0 aliphatic heterocycles. The molecule has 0 saturated carbocycles. The summed E-state index contributed by atoms with van der Waals surface area (Å²) < 4.78 is 10.3. The Kier molecular flexibility index (Phi) is 6.21. The molecule has 0 radical (unpaired) electrons. The van der Waals surface area contributed by atoms with Crippen LogP contribution >= 0.6 is 0 Å². The van der Waals surface area contributed by atoms with Crippen LogP contribution in [0.5, 0.6) is 0 Å². The number of carbonyl (C=O) groups excluding carboxylic acids is 2. The van der Waals surface area contributed by atoms with Crippen LogP contribution in [0.4, 0.5) is 4.79 Å². The second kappa shape index (κ2) is 9.38. The van der Waals surface area contributed by atoms with Crippen LogP contribution in [-0.4, -0.2) is 35.7 Å². The van der Waals surface area contributed by atoms with Gasteiger partial charge in [-0.1, -0.05) is 48.5 Å². The fourth-order valence-corrected chi connectivity index (χ4v) is 3.87. The second-order valence-corrected chi connectivity index (χ2v) is 7.47. The van der Waals surface area contributed by atoms with E-state index in [9.17, 15) is 14.4 Å². The third kappa shape index (κ3) is 4.64. The summed E-state index contributed by atoms with van der Waals surface area (Å²) >= 11 is 0. The number of aliphatic carboxylic acids is 1. The molecule has 1 heterocycles. The van der Waals surface area contributed by atoms with Crippen molar-refractivity contribution in [2.24, 2.45) is 0 Å². The van der Waals surface area contributed by atoms with Crippen LogP contribution in [0.2, 0.25) is 0 Å². The molecule has 32 heavy (non-hydrogen) atoms. The van der Waals surface area contributed by atoms with Gasteiger partial charge in [-0.3, -0.25) is 9.59 Å². The lowest BCUT2D eigenvalue weighted by atomic mass is 9.98. The molecule has 1 aromatic heterocycles. The number of ether oxygens (including phenoxy) is 1. The molecule has 8 heteroatoms. The van der Waals surface area contributed by atoms with E-state index in [4.69, 9.17) is 14.3 Å². The van der Waals surface area contributed by atoms with Gasteiger partial charge in [0.25, 0.3) is 0 Å². The van der Waals surface area contributed by atoms with Crippen molar-refractivity contribution in [2.45, 2.75) is 24.9 Å². The Balaban J connectivity index is 1.39. The zero-order valence-corrected chi connectivity index (χ0v) is 17.1. The van der Waals surface area contributed by atoms with Gasteiger partial charge in [0.05, 0.1) is 18.9 Å². The highest BCUT2D eigenvalue weighted by Gasteiger charge is 2.30. The number of rotatable bonds is 8. The Bertz CT molecular complexity index is 1080. The number of carboxylic acid groups (broad SMARTS) is 1. The Morgan fingerprint density at radius 2 is 1.66 bits per heavy atom. The first kappa shape index (κ1) is 21.2. The molecule has 2 aromatic carbocycles. The number of alkyl carbamates (subject to hydrolysis) is 1. The zero-order valence-electron chi connectivity index (χ0n) is 17.1. The van der Waals surface area contributed by atoms with Crippen molar-refractivity contribution in [1.82, 2.24) is 10.6 Å².